The minimum atomic E-state index is 0.0675. The zero-order valence-corrected chi connectivity index (χ0v) is 18.1. The summed E-state index contributed by atoms with van der Waals surface area (Å²) in [5.41, 5.74) is 4.90. The molecular formula is C27H28N2O3. The summed E-state index contributed by atoms with van der Waals surface area (Å²) in [5.74, 6) is 2.58. The Hall–Kier alpha value is -3.31. The summed E-state index contributed by atoms with van der Waals surface area (Å²) in [4.78, 5) is 12.1. The van der Waals surface area contributed by atoms with Gasteiger partial charge in [0, 0.05) is 19.5 Å². The number of carbonyl (C=O) groups is 1. The third-order valence-corrected chi connectivity index (χ3v) is 6.07. The van der Waals surface area contributed by atoms with Crippen molar-refractivity contribution in [3.8, 4) is 17.2 Å². The van der Waals surface area contributed by atoms with Crippen LogP contribution in [0.15, 0.2) is 66.7 Å². The lowest BCUT2D eigenvalue weighted by Gasteiger charge is -2.28. The summed E-state index contributed by atoms with van der Waals surface area (Å²) >= 11 is 0. The number of fused-ring (bicyclic) bond motifs is 1. The molecule has 4 heterocycles. The van der Waals surface area contributed by atoms with Gasteiger partial charge in [0.15, 0.2) is 0 Å². The number of hydrogen-bond donors (Lipinski definition) is 2. The van der Waals surface area contributed by atoms with E-state index >= 15 is 0 Å². The number of carbonyl (C=O) groups excluding carboxylic acids is 1. The van der Waals surface area contributed by atoms with Crippen molar-refractivity contribution >= 4 is 5.91 Å². The molecule has 4 aliphatic rings. The average Bonchev–Trinajstić information content (AvgIpc) is 2.82. The summed E-state index contributed by atoms with van der Waals surface area (Å²) in [7, 11) is 0. The Balaban J connectivity index is 1.45. The monoisotopic (exact) mass is 428 g/mol. The fourth-order valence-corrected chi connectivity index (χ4v) is 4.38. The highest BCUT2D eigenvalue weighted by Crippen LogP contribution is 2.34. The molecule has 2 N–H and O–H groups in total. The zero-order valence-electron chi connectivity index (χ0n) is 18.1. The van der Waals surface area contributed by atoms with Gasteiger partial charge >= 0.3 is 0 Å². The normalized spacial score (nSPS) is 18.8. The van der Waals surface area contributed by atoms with Gasteiger partial charge in [-0.1, -0.05) is 30.3 Å². The number of rotatable bonds is 0. The third kappa shape index (κ3) is 4.78. The fraction of sp³-hybridized carbons (Fsp3) is 0.296. The van der Waals surface area contributed by atoms with Crippen LogP contribution in [-0.4, -0.2) is 25.6 Å². The lowest BCUT2D eigenvalue weighted by molar-refractivity contribution is -0.121. The quantitative estimate of drug-likeness (QED) is 0.552. The van der Waals surface area contributed by atoms with Gasteiger partial charge in [-0.2, -0.15) is 0 Å². The summed E-state index contributed by atoms with van der Waals surface area (Å²) in [6, 6.07) is 22.8. The molecule has 1 atom stereocenters. The molecule has 1 amide bonds. The van der Waals surface area contributed by atoms with Gasteiger partial charge in [-0.25, -0.2) is 0 Å². The molecule has 5 heteroatoms. The van der Waals surface area contributed by atoms with E-state index in [4.69, 9.17) is 9.47 Å². The third-order valence-electron chi connectivity index (χ3n) is 6.07. The van der Waals surface area contributed by atoms with Crippen molar-refractivity contribution in [3.63, 3.8) is 0 Å². The van der Waals surface area contributed by atoms with Crippen molar-refractivity contribution in [1.82, 2.24) is 10.6 Å². The molecule has 0 spiro atoms. The van der Waals surface area contributed by atoms with Gasteiger partial charge in [-0.05, 0) is 77.9 Å². The number of ether oxygens (including phenoxy) is 2. The van der Waals surface area contributed by atoms with Crippen LogP contribution in [0.1, 0.15) is 41.1 Å². The Morgan fingerprint density at radius 3 is 2.59 bits per heavy atom. The van der Waals surface area contributed by atoms with Crippen molar-refractivity contribution in [2.24, 2.45) is 0 Å². The molecule has 1 unspecified atom stereocenters. The smallest absolute Gasteiger partial charge is 0.220 e. The van der Waals surface area contributed by atoms with Crippen LogP contribution in [-0.2, 0) is 17.6 Å². The molecule has 0 aromatic heterocycles. The molecule has 4 aliphatic heterocycles. The van der Waals surface area contributed by atoms with Crippen molar-refractivity contribution in [3.05, 3.63) is 89.0 Å². The van der Waals surface area contributed by atoms with Gasteiger partial charge in [-0.15, -0.1) is 0 Å². The second-order valence-corrected chi connectivity index (χ2v) is 8.37. The highest BCUT2D eigenvalue weighted by molar-refractivity contribution is 5.76. The SMILES string of the molecule is O=C1CCc2ccc(cc2)Oc2ccc3c(c2)CCNC3c2cccc(c2)OCCCN1. The van der Waals surface area contributed by atoms with E-state index in [2.05, 4.69) is 34.9 Å². The average molecular weight is 429 g/mol. The zero-order chi connectivity index (χ0) is 21.8. The molecule has 8 bridgehead atoms. The Labute approximate surface area is 188 Å². The Morgan fingerprint density at radius 1 is 0.812 bits per heavy atom. The van der Waals surface area contributed by atoms with Crippen LogP contribution >= 0.6 is 0 Å². The van der Waals surface area contributed by atoms with Crippen molar-refractivity contribution in [2.45, 2.75) is 31.7 Å². The maximum atomic E-state index is 12.1. The van der Waals surface area contributed by atoms with Crippen molar-refractivity contribution in [2.75, 3.05) is 19.7 Å². The lowest BCUT2D eigenvalue weighted by Crippen LogP contribution is -2.30. The van der Waals surface area contributed by atoms with Gasteiger partial charge < -0.3 is 20.1 Å². The molecule has 32 heavy (non-hydrogen) atoms. The van der Waals surface area contributed by atoms with Crippen LogP contribution in [0.5, 0.6) is 17.2 Å². The van der Waals surface area contributed by atoms with Gasteiger partial charge in [0.25, 0.3) is 0 Å². The highest BCUT2D eigenvalue weighted by Gasteiger charge is 2.22. The van der Waals surface area contributed by atoms with Crippen LogP contribution in [0.4, 0.5) is 0 Å². The molecule has 7 rings (SSSR count). The molecule has 0 fully saturated rings. The first-order valence-electron chi connectivity index (χ1n) is 11.4. The second kappa shape index (κ2) is 9.45. The van der Waals surface area contributed by atoms with E-state index < -0.39 is 0 Å². The standard InChI is InChI=1S/C27H28N2O3/c30-26-12-7-19-5-8-22(9-6-19)32-24-10-11-25-20(17-24)13-15-29-27(25)21-3-1-4-23(18-21)31-16-2-14-28-26/h1,3-6,8-11,17-18,27,29H,2,7,12-16H2,(H,28,30). The van der Waals surface area contributed by atoms with Crippen LogP contribution in [0.2, 0.25) is 0 Å². The highest BCUT2D eigenvalue weighted by atomic mass is 16.5. The van der Waals surface area contributed by atoms with E-state index in [0.717, 1.165) is 42.2 Å². The number of amides is 1. The molecule has 3 aromatic carbocycles. The number of nitrogens with one attached hydrogen (secondary N) is 2. The number of hydrogen-bond acceptors (Lipinski definition) is 4. The van der Waals surface area contributed by atoms with Gasteiger partial charge in [0.05, 0.1) is 12.6 Å². The molecule has 5 nitrogen and oxygen atoms in total. The van der Waals surface area contributed by atoms with Gasteiger partial charge in [0.1, 0.15) is 17.2 Å². The first-order valence-corrected chi connectivity index (χ1v) is 11.4. The number of aryl methyl sites for hydroxylation is 1. The molecule has 0 radical (unpaired) electrons. The fourth-order valence-electron chi connectivity index (χ4n) is 4.38. The van der Waals surface area contributed by atoms with Crippen molar-refractivity contribution < 1.29 is 14.3 Å². The molecule has 3 aromatic rings. The van der Waals surface area contributed by atoms with Gasteiger partial charge in [-0.3, -0.25) is 4.79 Å². The van der Waals surface area contributed by atoms with Crippen molar-refractivity contribution in [1.29, 1.82) is 0 Å². The Bertz CT molecular complexity index is 1090. The van der Waals surface area contributed by atoms with E-state index in [1.54, 1.807) is 0 Å². The second-order valence-electron chi connectivity index (χ2n) is 8.37. The summed E-state index contributed by atoms with van der Waals surface area (Å²) in [6.07, 6.45) is 2.93. The van der Waals surface area contributed by atoms with E-state index in [1.165, 1.54) is 16.7 Å². The Morgan fingerprint density at radius 2 is 1.69 bits per heavy atom. The summed E-state index contributed by atoms with van der Waals surface area (Å²) < 4.78 is 12.1. The maximum Gasteiger partial charge on any atom is 0.220 e. The van der Waals surface area contributed by atoms with Crippen LogP contribution in [0.3, 0.4) is 0 Å². The maximum absolute atomic E-state index is 12.1. The lowest BCUT2D eigenvalue weighted by atomic mass is 9.89. The van der Waals surface area contributed by atoms with E-state index in [1.807, 2.05) is 42.5 Å². The molecule has 0 saturated heterocycles. The van der Waals surface area contributed by atoms with Crippen LogP contribution < -0.4 is 20.1 Å². The molecular weight excluding hydrogens is 400 g/mol. The molecule has 0 aliphatic carbocycles. The van der Waals surface area contributed by atoms with E-state index in [0.29, 0.717) is 26.0 Å². The van der Waals surface area contributed by atoms with Gasteiger partial charge in [0.2, 0.25) is 5.91 Å². The van der Waals surface area contributed by atoms with Crippen LogP contribution in [0.25, 0.3) is 0 Å². The molecule has 164 valence electrons. The summed E-state index contributed by atoms with van der Waals surface area (Å²) in [5, 5.41) is 6.63. The first kappa shape index (κ1) is 20.6. The molecule has 0 saturated carbocycles. The van der Waals surface area contributed by atoms with E-state index in [9.17, 15) is 4.79 Å². The Kier molecular flexibility index (Phi) is 6.08. The first-order chi connectivity index (χ1) is 15.7. The predicted octanol–water partition coefficient (Wildman–Crippen LogP) is 4.55. The topological polar surface area (TPSA) is 59.6 Å². The van der Waals surface area contributed by atoms with E-state index in [-0.39, 0.29) is 11.9 Å². The minimum Gasteiger partial charge on any atom is -0.494 e. The number of benzene rings is 3. The largest absolute Gasteiger partial charge is 0.494 e. The minimum absolute atomic E-state index is 0.0675. The van der Waals surface area contributed by atoms with Crippen LogP contribution in [0, 0.1) is 0 Å². The predicted molar refractivity (Wildman–Crippen MR) is 124 cm³/mol. The summed E-state index contributed by atoms with van der Waals surface area (Å²) in [6.45, 7) is 2.10.